The van der Waals surface area contributed by atoms with E-state index >= 15 is 0 Å². The van der Waals surface area contributed by atoms with Gasteiger partial charge in [-0.3, -0.25) is 4.79 Å². The Hall–Kier alpha value is -3.34. The fourth-order valence-corrected chi connectivity index (χ4v) is 7.33. The number of alkyl halides is 5. The van der Waals surface area contributed by atoms with Crippen molar-refractivity contribution in [3.63, 3.8) is 0 Å². The third-order valence-electron chi connectivity index (χ3n) is 8.86. The number of ether oxygens (including phenoxy) is 2. The minimum atomic E-state index is -6.05. The number of aliphatic hydroxyl groups is 1. The number of H-pyrrole nitrogens is 1. The number of amides is 1. The Morgan fingerprint density at radius 2 is 1.95 bits per heavy atom. The molecule has 2 bridgehead atoms. The third kappa shape index (κ3) is 2.46. The van der Waals surface area contributed by atoms with Crippen LogP contribution in [0.1, 0.15) is 34.9 Å². The van der Waals surface area contributed by atoms with Crippen molar-refractivity contribution in [3.8, 4) is 11.5 Å². The van der Waals surface area contributed by atoms with E-state index in [0.29, 0.717) is 33.1 Å². The molecular formula is C26H21F5N2O4. The Kier molecular flexibility index (Phi) is 4.16. The van der Waals surface area contributed by atoms with Gasteiger partial charge in [-0.1, -0.05) is 24.3 Å². The van der Waals surface area contributed by atoms with Crippen molar-refractivity contribution in [3.05, 3.63) is 58.8 Å². The van der Waals surface area contributed by atoms with Crippen molar-refractivity contribution in [2.24, 2.45) is 0 Å². The maximum Gasteiger partial charge on any atom is 0.463 e. The Bertz CT molecular complexity index is 1500. The lowest BCUT2D eigenvalue weighted by Crippen LogP contribution is -2.76. The zero-order chi connectivity index (χ0) is 26.1. The van der Waals surface area contributed by atoms with Gasteiger partial charge in [0, 0.05) is 29.4 Å². The largest absolute Gasteiger partial charge is 0.493 e. The smallest absolute Gasteiger partial charge is 0.463 e. The molecule has 4 aliphatic rings. The lowest BCUT2D eigenvalue weighted by molar-refractivity contribution is -0.279. The summed E-state index contributed by atoms with van der Waals surface area (Å²) in [6.07, 6.45) is -7.04. The van der Waals surface area contributed by atoms with Gasteiger partial charge in [0.1, 0.15) is 5.60 Å². The van der Waals surface area contributed by atoms with Gasteiger partial charge in [-0.25, -0.2) is 0 Å². The van der Waals surface area contributed by atoms with E-state index in [0.717, 1.165) is 16.6 Å². The van der Waals surface area contributed by atoms with E-state index in [-0.39, 0.29) is 25.8 Å². The van der Waals surface area contributed by atoms with Crippen molar-refractivity contribution >= 4 is 16.8 Å². The standard InChI is InChI=1S/C26H21F5N2O4/c1-36-16-7-6-12-10-17-24(35)11-14-13-4-2-3-5-15(13)32-19(14)21-23(24,18(12)20(16)37-21)8-9-33(17)22(34)25(27,28)26(29,30)31/h2-7,17,21,32,35H,8-11H2,1H3/t17-,21+,23+,24-/m1/s1. The van der Waals surface area contributed by atoms with Crippen LogP contribution < -0.4 is 9.47 Å². The van der Waals surface area contributed by atoms with Crippen LogP contribution in [0.15, 0.2) is 36.4 Å². The fourth-order valence-electron chi connectivity index (χ4n) is 7.33. The number of halogens is 5. The molecule has 194 valence electrons. The molecule has 1 aromatic heterocycles. The highest BCUT2D eigenvalue weighted by molar-refractivity contribution is 5.88. The molecule has 1 spiro atoms. The molecule has 3 heterocycles. The molecule has 2 aliphatic carbocycles. The number of aromatic amines is 1. The monoisotopic (exact) mass is 520 g/mol. The maximum atomic E-state index is 14.3. The first-order valence-electron chi connectivity index (χ1n) is 11.9. The highest BCUT2D eigenvalue weighted by atomic mass is 19.4. The molecule has 2 N–H and O–H groups in total. The number of nitrogens with one attached hydrogen (secondary N) is 1. The number of nitrogens with zero attached hydrogens (tertiary/aromatic N) is 1. The van der Waals surface area contributed by atoms with Crippen LogP contribution in [0.3, 0.4) is 0 Å². The minimum absolute atomic E-state index is 0.0473. The maximum absolute atomic E-state index is 14.3. The second-order valence-electron chi connectivity index (χ2n) is 10.3. The highest BCUT2D eigenvalue weighted by Gasteiger charge is 2.75. The van der Waals surface area contributed by atoms with Gasteiger partial charge in [-0.15, -0.1) is 0 Å². The van der Waals surface area contributed by atoms with Gasteiger partial charge < -0.3 is 24.5 Å². The van der Waals surface area contributed by atoms with E-state index in [9.17, 15) is 31.9 Å². The van der Waals surface area contributed by atoms with Gasteiger partial charge in [0.15, 0.2) is 17.6 Å². The van der Waals surface area contributed by atoms with Gasteiger partial charge in [-0.2, -0.15) is 22.0 Å². The lowest BCUT2D eigenvalue weighted by Gasteiger charge is -2.62. The highest BCUT2D eigenvalue weighted by Crippen LogP contribution is 2.69. The fraction of sp³-hybridized carbons (Fsp3) is 0.423. The van der Waals surface area contributed by atoms with E-state index in [1.807, 2.05) is 24.3 Å². The zero-order valence-corrected chi connectivity index (χ0v) is 19.5. The number of carbonyl (C=O) groups is 1. The predicted molar refractivity (Wildman–Crippen MR) is 120 cm³/mol. The number of rotatable bonds is 2. The number of hydrogen-bond donors (Lipinski definition) is 2. The van der Waals surface area contributed by atoms with E-state index in [2.05, 4.69) is 4.98 Å². The van der Waals surface area contributed by atoms with Crippen LogP contribution in [-0.4, -0.2) is 58.3 Å². The van der Waals surface area contributed by atoms with Gasteiger partial charge in [0.05, 0.1) is 24.3 Å². The first-order chi connectivity index (χ1) is 17.5. The number of para-hydroxylation sites is 1. The lowest BCUT2D eigenvalue weighted by atomic mass is 9.49. The summed E-state index contributed by atoms with van der Waals surface area (Å²) in [7, 11) is 1.48. The third-order valence-corrected chi connectivity index (χ3v) is 8.86. The molecule has 1 amide bonds. The Morgan fingerprint density at radius 3 is 2.68 bits per heavy atom. The Morgan fingerprint density at radius 1 is 1.19 bits per heavy atom. The number of methoxy groups -OCH3 is 1. The molecule has 3 aromatic rings. The summed E-state index contributed by atoms with van der Waals surface area (Å²) in [5.74, 6) is -7.06. The molecule has 4 atom stereocenters. The van der Waals surface area contributed by atoms with Crippen LogP contribution in [0.4, 0.5) is 22.0 Å². The number of hydrogen-bond acceptors (Lipinski definition) is 4. The molecule has 37 heavy (non-hydrogen) atoms. The Balaban J connectivity index is 1.48. The summed E-state index contributed by atoms with van der Waals surface area (Å²) in [4.78, 5) is 16.7. The molecule has 0 radical (unpaired) electrons. The van der Waals surface area contributed by atoms with Crippen molar-refractivity contribution in [2.45, 2.75) is 54.5 Å². The van der Waals surface area contributed by atoms with Crippen LogP contribution in [0.2, 0.25) is 0 Å². The van der Waals surface area contributed by atoms with Gasteiger partial charge in [0.25, 0.3) is 0 Å². The molecule has 6 nitrogen and oxygen atoms in total. The van der Waals surface area contributed by atoms with Crippen LogP contribution in [-0.2, 0) is 23.1 Å². The molecule has 11 heteroatoms. The summed E-state index contributed by atoms with van der Waals surface area (Å²) in [5.41, 5.74) is 0.453. The van der Waals surface area contributed by atoms with Gasteiger partial charge in [0.2, 0.25) is 0 Å². The average Bonchev–Trinajstić information content (AvgIpc) is 3.38. The summed E-state index contributed by atoms with van der Waals surface area (Å²) < 4.78 is 80.3. The summed E-state index contributed by atoms with van der Waals surface area (Å²) >= 11 is 0. The zero-order valence-electron chi connectivity index (χ0n) is 19.5. The summed E-state index contributed by atoms with van der Waals surface area (Å²) in [5, 5.41) is 13.3. The molecule has 0 saturated carbocycles. The number of likely N-dealkylation sites (tertiary alicyclic amines) is 1. The van der Waals surface area contributed by atoms with Crippen LogP contribution >= 0.6 is 0 Å². The number of piperidine rings is 1. The Labute approximate surface area is 207 Å². The molecule has 0 unspecified atom stereocenters. The van der Waals surface area contributed by atoms with Crippen LogP contribution in [0, 0.1) is 0 Å². The second kappa shape index (κ2) is 6.75. The SMILES string of the molecule is COc1ccc2c3c1O[C@H]1c4[nH]c5ccccc5c4C[C@@]4(O)[C@@H](C2)N(C(=O)C(F)(F)C(F)(F)F)CC[C@]314. The molecule has 2 aromatic carbocycles. The van der Waals surface area contributed by atoms with Gasteiger partial charge >= 0.3 is 18.0 Å². The normalized spacial score (nSPS) is 29.5. The molecule has 1 fully saturated rings. The van der Waals surface area contributed by atoms with Gasteiger partial charge in [-0.05, 0) is 36.1 Å². The van der Waals surface area contributed by atoms with Crippen LogP contribution in [0.25, 0.3) is 10.9 Å². The number of fused-ring (bicyclic) bond motifs is 4. The van der Waals surface area contributed by atoms with E-state index < -0.39 is 41.2 Å². The molecular weight excluding hydrogens is 499 g/mol. The number of carbonyl (C=O) groups excluding carboxylic acids is 1. The van der Waals surface area contributed by atoms with Crippen LogP contribution in [0.5, 0.6) is 11.5 Å². The topological polar surface area (TPSA) is 74.8 Å². The van der Waals surface area contributed by atoms with Crippen molar-refractivity contribution < 1.29 is 41.3 Å². The van der Waals surface area contributed by atoms with E-state index in [1.54, 1.807) is 12.1 Å². The number of benzene rings is 2. The molecule has 2 aliphatic heterocycles. The molecule has 1 saturated heterocycles. The first kappa shape index (κ1) is 22.8. The van der Waals surface area contributed by atoms with E-state index in [4.69, 9.17) is 9.47 Å². The average molecular weight is 520 g/mol. The van der Waals surface area contributed by atoms with Crippen molar-refractivity contribution in [1.82, 2.24) is 9.88 Å². The summed E-state index contributed by atoms with van der Waals surface area (Å²) in [6, 6.07) is 9.39. The summed E-state index contributed by atoms with van der Waals surface area (Å²) in [6.45, 7) is -0.386. The predicted octanol–water partition coefficient (Wildman–Crippen LogP) is 4.19. The first-order valence-corrected chi connectivity index (χ1v) is 11.9. The molecule has 7 rings (SSSR count). The van der Waals surface area contributed by atoms with Crippen molar-refractivity contribution in [1.29, 1.82) is 0 Å². The number of aromatic nitrogens is 1. The minimum Gasteiger partial charge on any atom is -0.493 e. The second-order valence-corrected chi connectivity index (χ2v) is 10.3. The van der Waals surface area contributed by atoms with Crippen molar-refractivity contribution in [2.75, 3.05) is 13.7 Å². The van der Waals surface area contributed by atoms with E-state index in [1.165, 1.54) is 7.11 Å². The quantitative estimate of drug-likeness (QED) is 0.497.